The molecule has 6 heteroatoms. The molecular formula is C31H33N3O3. The van der Waals surface area contributed by atoms with Crippen LogP contribution in [0.15, 0.2) is 72.9 Å². The van der Waals surface area contributed by atoms with Gasteiger partial charge in [-0.05, 0) is 56.4 Å². The van der Waals surface area contributed by atoms with Gasteiger partial charge in [0.1, 0.15) is 5.60 Å². The van der Waals surface area contributed by atoms with Gasteiger partial charge in [-0.15, -0.1) is 0 Å². The quantitative estimate of drug-likeness (QED) is 0.418. The lowest BCUT2D eigenvalue weighted by Gasteiger charge is -2.45. The van der Waals surface area contributed by atoms with Gasteiger partial charge >= 0.3 is 6.09 Å². The summed E-state index contributed by atoms with van der Waals surface area (Å²) in [6.45, 7) is 6.03. The molecule has 0 spiro atoms. The van der Waals surface area contributed by atoms with E-state index < -0.39 is 11.2 Å². The summed E-state index contributed by atoms with van der Waals surface area (Å²) < 4.78 is 6.13. The Hall–Kier alpha value is -3.69. The van der Waals surface area contributed by atoms with Gasteiger partial charge in [-0.25, -0.2) is 4.79 Å². The SMILES string of the molecule is C[C@@H](c1ccc(-c2ccc(C3(C#N)CC3)nc2)cc1)N1CC[C@](CC(C)(C)O)(c2ccccc2)OC1=O. The van der Waals surface area contributed by atoms with Crippen LogP contribution in [0.4, 0.5) is 4.79 Å². The topological polar surface area (TPSA) is 86.5 Å². The second kappa shape index (κ2) is 9.32. The van der Waals surface area contributed by atoms with Crippen molar-refractivity contribution in [3.8, 4) is 17.2 Å². The number of benzene rings is 2. The summed E-state index contributed by atoms with van der Waals surface area (Å²) in [6.07, 6.45) is 4.14. The molecular weight excluding hydrogens is 462 g/mol. The molecule has 37 heavy (non-hydrogen) atoms. The van der Waals surface area contributed by atoms with Crippen molar-refractivity contribution in [2.24, 2.45) is 0 Å². The average molecular weight is 496 g/mol. The molecule has 1 saturated heterocycles. The van der Waals surface area contributed by atoms with E-state index in [9.17, 15) is 15.2 Å². The van der Waals surface area contributed by atoms with Gasteiger partial charge in [0.15, 0.2) is 0 Å². The maximum Gasteiger partial charge on any atom is 0.411 e. The Balaban J connectivity index is 1.31. The van der Waals surface area contributed by atoms with Crippen LogP contribution in [0.5, 0.6) is 0 Å². The first-order chi connectivity index (χ1) is 17.6. The summed E-state index contributed by atoms with van der Waals surface area (Å²) in [5.41, 5.74) is 2.57. The molecule has 1 aliphatic carbocycles. The Labute approximate surface area is 218 Å². The van der Waals surface area contributed by atoms with Gasteiger partial charge in [0, 0.05) is 31.1 Å². The number of aliphatic hydroxyl groups is 1. The van der Waals surface area contributed by atoms with Crippen LogP contribution in [-0.2, 0) is 15.8 Å². The second-order valence-electron chi connectivity index (χ2n) is 11.1. The number of cyclic esters (lactones) is 1. The highest BCUT2D eigenvalue weighted by molar-refractivity contribution is 5.70. The smallest absolute Gasteiger partial charge is 0.411 e. The standard InChI is InChI=1S/C31H33N3O3/c1-22(23-9-11-24(12-10-23)25-13-14-27(33-19-25)30(21-32)15-16-30)34-18-17-31(37-28(34)35,20-29(2,3)36)26-7-5-4-6-8-26/h4-14,19,22,36H,15-18,20H2,1-3H3/t22-,31-/m0/s1. The summed E-state index contributed by atoms with van der Waals surface area (Å²) >= 11 is 0. The van der Waals surface area contributed by atoms with Crippen LogP contribution in [0.2, 0.25) is 0 Å². The largest absolute Gasteiger partial charge is 0.438 e. The van der Waals surface area contributed by atoms with Crippen molar-refractivity contribution in [2.45, 2.75) is 69.1 Å². The summed E-state index contributed by atoms with van der Waals surface area (Å²) in [4.78, 5) is 19.6. The molecule has 2 aliphatic rings. The third-order valence-electron chi connectivity index (χ3n) is 7.70. The fraction of sp³-hybridized carbons (Fsp3) is 0.387. The van der Waals surface area contributed by atoms with Crippen LogP contribution in [0.25, 0.3) is 11.1 Å². The molecule has 1 saturated carbocycles. The molecule has 2 atom stereocenters. The predicted molar refractivity (Wildman–Crippen MR) is 141 cm³/mol. The molecule has 0 radical (unpaired) electrons. The van der Waals surface area contributed by atoms with Crippen molar-refractivity contribution >= 4 is 6.09 Å². The zero-order chi connectivity index (χ0) is 26.3. The number of hydrogen-bond donors (Lipinski definition) is 1. The Morgan fingerprint density at radius 2 is 1.73 bits per heavy atom. The number of aromatic nitrogens is 1. The Bertz CT molecular complexity index is 1300. The molecule has 1 amide bonds. The maximum atomic E-state index is 13.3. The minimum atomic E-state index is -0.985. The lowest BCUT2D eigenvalue weighted by atomic mass is 9.80. The van der Waals surface area contributed by atoms with Crippen LogP contribution < -0.4 is 0 Å². The summed E-state index contributed by atoms with van der Waals surface area (Å²) in [5, 5.41) is 20.0. The number of nitriles is 1. The van der Waals surface area contributed by atoms with Gasteiger partial charge in [-0.1, -0.05) is 60.7 Å². The summed E-state index contributed by atoms with van der Waals surface area (Å²) in [7, 11) is 0. The van der Waals surface area contributed by atoms with Crippen molar-refractivity contribution in [1.82, 2.24) is 9.88 Å². The highest BCUT2D eigenvalue weighted by atomic mass is 16.6. The molecule has 2 aromatic carbocycles. The Kier molecular flexibility index (Phi) is 6.29. The third kappa shape index (κ3) is 4.97. The van der Waals surface area contributed by atoms with E-state index in [4.69, 9.17) is 4.74 Å². The van der Waals surface area contributed by atoms with Crippen molar-refractivity contribution < 1.29 is 14.6 Å². The molecule has 2 fully saturated rings. The van der Waals surface area contributed by atoms with Gasteiger partial charge in [-0.3, -0.25) is 4.98 Å². The van der Waals surface area contributed by atoms with Gasteiger partial charge in [0.2, 0.25) is 0 Å². The van der Waals surface area contributed by atoms with Crippen LogP contribution in [0, 0.1) is 11.3 Å². The lowest BCUT2D eigenvalue weighted by Crippen LogP contribution is -2.51. The first-order valence-corrected chi connectivity index (χ1v) is 12.9. The molecule has 3 aromatic rings. The Morgan fingerprint density at radius 1 is 1.05 bits per heavy atom. The fourth-order valence-corrected chi connectivity index (χ4v) is 5.42. The van der Waals surface area contributed by atoms with Gasteiger partial charge in [0.25, 0.3) is 0 Å². The van der Waals surface area contributed by atoms with E-state index in [1.54, 1.807) is 18.7 Å². The highest BCUT2D eigenvalue weighted by Gasteiger charge is 2.47. The number of amides is 1. The molecule has 1 aliphatic heterocycles. The lowest BCUT2D eigenvalue weighted by molar-refractivity contribution is -0.101. The number of carbonyl (C=O) groups excluding carboxylic acids is 1. The Morgan fingerprint density at radius 3 is 2.27 bits per heavy atom. The molecule has 1 N–H and O–H groups in total. The first-order valence-electron chi connectivity index (χ1n) is 12.9. The molecule has 2 heterocycles. The second-order valence-corrected chi connectivity index (χ2v) is 11.1. The van der Waals surface area contributed by atoms with Crippen molar-refractivity contribution in [1.29, 1.82) is 5.26 Å². The van der Waals surface area contributed by atoms with Crippen LogP contribution in [0.1, 0.15) is 69.3 Å². The normalized spacial score (nSPS) is 21.6. The van der Waals surface area contributed by atoms with Gasteiger partial charge < -0.3 is 14.7 Å². The minimum absolute atomic E-state index is 0.164. The average Bonchev–Trinajstić information content (AvgIpc) is 3.70. The van der Waals surface area contributed by atoms with Gasteiger partial charge in [0.05, 0.1) is 28.8 Å². The molecule has 190 valence electrons. The minimum Gasteiger partial charge on any atom is -0.438 e. The summed E-state index contributed by atoms with van der Waals surface area (Å²) in [6, 6.07) is 24.1. The monoisotopic (exact) mass is 495 g/mol. The molecule has 5 rings (SSSR count). The number of pyridine rings is 1. The van der Waals surface area contributed by atoms with Crippen molar-refractivity contribution in [3.63, 3.8) is 0 Å². The van der Waals surface area contributed by atoms with E-state index in [1.165, 1.54) is 0 Å². The molecule has 6 nitrogen and oxygen atoms in total. The number of rotatable bonds is 7. The maximum absolute atomic E-state index is 13.3. The summed E-state index contributed by atoms with van der Waals surface area (Å²) in [5.74, 6) is 0. The number of nitrogens with zero attached hydrogens (tertiary/aromatic N) is 3. The van der Waals surface area contributed by atoms with E-state index in [2.05, 4.69) is 11.1 Å². The molecule has 1 aromatic heterocycles. The van der Waals surface area contributed by atoms with E-state index >= 15 is 0 Å². The van der Waals surface area contributed by atoms with Crippen LogP contribution in [-0.4, -0.2) is 33.2 Å². The molecule has 0 unspecified atom stereocenters. The highest BCUT2D eigenvalue weighted by Crippen LogP contribution is 2.47. The van der Waals surface area contributed by atoms with E-state index in [0.717, 1.165) is 40.8 Å². The van der Waals surface area contributed by atoms with Crippen LogP contribution in [0.3, 0.4) is 0 Å². The zero-order valence-electron chi connectivity index (χ0n) is 21.6. The van der Waals surface area contributed by atoms with E-state index in [0.29, 0.717) is 19.4 Å². The number of carbonyl (C=O) groups is 1. The fourth-order valence-electron chi connectivity index (χ4n) is 5.42. The van der Waals surface area contributed by atoms with Crippen molar-refractivity contribution in [2.75, 3.05) is 6.54 Å². The zero-order valence-corrected chi connectivity index (χ0v) is 21.6. The van der Waals surface area contributed by atoms with E-state index in [1.807, 2.05) is 79.9 Å². The van der Waals surface area contributed by atoms with Crippen LogP contribution >= 0.6 is 0 Å². The van der Waals surface area contributed by atoms with E-state index in [-0.39, 0.29) is 17.6 Å². The number of ether oxygens (including phenoxy) is 1. The van der Waals surface area contributed by atoms with Crippen molar-refractivity contribution in [3.05, 3.63) is 89.7 Å². The van der Waals surface area contributed by atoms with Gasteiger partial charge in [-0.2, -0.15) is 5.26 Å². The third-order valence-corrected chi connectivity index (χ3v) is 7.70. The number of hydrogen-bond acceptors (Lipinski definition) is 5. The first kappa shape index (κ1) is 25.0. The molecule has 0 bridgehead atoms. The predicted octanol–water partition coefficient (Wildman–Crippen LogP) is 6.26.